The zero-order chi connectivity index (χ0) is 36.9. The van der Waals surface area contributed by atoms with Crippen molar-refractivity contribution in [2.45, 2.75) is 63.1 Å². The zero-order valence-electron chi connectivity index (χ0n) is 26.7. The number of rotatable bonds is 16. The Labute approximate surface area is 291 Å². The molecule has 4 N–H and O–H groups in total. The van der Waals surface area contributed by atoms with E-state index in [0.29, 0.717) is 0 Å². The molecular weight excluding hydrogens is 750 g/mol. The number of aromatic amines is 1. The summed E-state index contributed by atoms with van der Waals surface area (Å²) in [5.41, 5.74) is 4.47. The fourth-order valence-corrected chi connectivity index (χ4v) is 8.02. The molecule has 0 bridgehead atoms. The Kier molecular flexibility index (Phi) is 12.8. The van der Waals surface area contributed by atoms with Gasteiger partial charge in [0.2, 0.25) is 0 Å². The number of nitrogens with zero attached hydrogens (tertiary/aromatic N) is 5. The van der Waals surface area contributed by atoms with Gasteiger partial charge in [-0.1, -0.05) is 11.4 Å². The standard InChI is InChI=1S/C26H33F2N7O13P2S/c1-12(2)46-26(39)43-11-51-49-44-5-14-17(27)13(23(47-14)35-9-32-19-21(29)30-8-31-22(19)35)7-50(40,41)45-6-15-18(28)20(42-10-36)24(48-15)34-4-3-16(37)33-25(34)38/h3-4,8-10,12-15,17-18,20,23-24,49H,5-7,11H2,1-2H3,(H,40,41)(H2,29,30,31)(H,33,37,38)/t13-,14-,15-,17+,18-,20-,23-,24-/m1/s1. The lowest BCUT2D eigenvalue weighted by Gasteiger charge is -2.24. The molecule has 2 fully saturated rings. The molecule has 5 heterocycles. The SMILES string of the molecule is CC(C)OC(=O)OCSPOC[C@H]1O[C@@H](n2cnc3c(N)ncnc32)[C@H](CP(=O)(O)OC[C@H]2O[C@@H](n3ccc(=O)[nH]c3=O)[C@H](OC=O)[C@@H]2F)[C@@H]1F. The molecular formula is C26H33F2N7O13P2S. The monoisotopic (exact) mass is 783 g/mol. The topological polar surface area (TPSA) is 261 Å². The minimum Gasteiger partial charge on any atom is -0.456 e. The molecule has 0 aliphatic carbocycles. The van der Waals surface area contributed by atoms with E-state index in [4.69, 9.17) is 38.5 Å². The summed E-state index contributed by atoms with van der Waals surface area (Å²) in [4.78, 5) is 71.4. The van der Waals surface area contributed by atoms with Gasteiger partial charge in [0.15, 0.2) is 30.0 Å². The summed E-state index contributed by atoms with van der Waals surface area (Å²) >= 11 is 1.08. The fourth-order valence-electron chi connectivity index (χ4n) is 5.32. The number of H-pyrrole nitrogens is 1. The van der Waals surface area contributed by atoms with E-state index in [9.17, 15) is 28.6 Å². The Morgan fingerprint density at radius 3 is 2.65 bits per heavy atom. The highest BCUT2D eigenvalue weighted by molar-refractivity contribution is 8.48. The molecule has 3 aromatic rings. The third-order valence-corrected chi connectivity index (χ3v) is 10.7. The number of nitrogens with two attached hydrogens (primary N) is 1. The Hall–Kier alpha value is -3.56. The largest absolute Gasteiger partial charge is 0.509 e. The second kappa shape index (κ2) is 16.8. The molecule has 2 saturated heterocycles. The minimum absolute atomic E-state index is 0.0236. The van der Waals surface area contributed by atoms with Crippen molar-refractivity contribution in [1.82, 2.24) is 29.1 Å². The normalized spacial score (nSPS) is 27.6. The van der Waals surface area contributed by atoms with Gasteiger partial charge in [-0.2, -0.15) is 0 Å². The first kappa shape index (κ1) is 38.7. The first-order valence-corrected chi connectivity index (χ1v) is 19.4. The van der Waals surface area contributed by atoms with Crippen LogP contribution in [0.3, 0.4) is 0 Å². The maximum absolute atomic E-state index is 16.1. The molecule has 10 atom stereocenters. The predicted molar refractivity (Wildman–Crippen MR) is 173 cm³/mol. The highest BCUT2D eigenvalue weighted by atomic mass is 32.7. The van der Waals surface area contributed by atoms with E-state index in [0.717, 1.165) is 34.5 Å². The number of hydrogen-bond donors (Lipinski definition) is 3. The number of ether oxygens (including phenoxy) is 5. The average molecular weight is 784 g/mol. The van der Waals surface area contributed by atoms with Crippen LogP contribution in [-0.4, -0.2) is 109 Å². The lowest BCUT2D eigenvalue weighted by Crippen LogP contribution is -2.37. The van der Waals surface area contributed by atoms with Crippen LogP contribution in [0.4, 0.5) is 19.4 Å². The summed E-state index contributed by atoms with van der Waals surface area (Å²) in [6.07, 6.45) is -10.2. The van der Waals surface area contributed by atoms with E-state index in [-0.39, 0.29) is 50.1 Å². The van der Waals surface area contributed by atoms with Crippen molar-refractivity contribution in [2.24, 2.45) is 5.92 Å². The van der Waals surface area contributed by atoms with Crippen LogP contribution in [0.1, 0.15) is 26.3 Å². The number of nitrogen functional groups attached to an aromatic ring is 1. The number of aromatic nitrogens is 6. The number of fused-ring (bicyclic) bond motifs is 1. The highest BCUT2D eigenvalue weighted by Gasteiger charge is 2.51. The van der Waals surface area contributed by atoms with Gasteiger partial charge in [0.25, 0.3) is 12.0 Å². The number of halogens is 2. The van der Waals surface area contributed by atoms with E-state index in [1.807, 2.05) is 4.98 Å². The van der Waals surface area contributed by atoms with Crippen LogP contribution in [0.2, 0.25) is 0 Å². The molecule has 51 heavy (non-hydrogen) atoms. The number of imidazole rings is 1. The summed E-state index contributed by atoms with van der Waals surface area (Å²) in [6.45, 7) is 2.06. The van der Waals surface area contributed by atoms with Crippen molar-refractivity contribution in [3.8, 4) is 0 Å². The number of carbonyl (C=O) groups is 2. The molecule has 3 aromatic heterocycles. The number of carbonyl (C=O) groups excluding carboxylic acids is 2. The first-order chi connectivity index (χ1) is 24.3. The molecule has 5 rings (SSSR count). The summed E-state index contributed by atoms with van der Waals surface area (Å²) < 4.78 is 83.8. The van der Waals surface area contributed by atoms with Gasteiger partial charge in [-0.15, -0.1) is 0 Å². The van der Waals surface area contributed by atoms with E-state index < -0.39 is 86.8 Å². The lowest BCUT2D eigenvalue weighted by molar-refractivity contribution is -0.141. The van der Waals surface area contributed by atoms with Gasteiger partial charge in [0.1, 0.15) is 42.4 Å². The van der Waals surface area contributed by atoms with E-state index >= 15 is 8.78 Å². The van der Waals surface area contributed by atoms with E-state index in [1.54, 1.807) is 13.8 Å². The average Bonchev–Trinajstić information content (AvgIpc) is 3.72. The van der Waals surface area contributed by atoms with Gasteiger partial charge in [-0.3, -0.25) is 28.3 Å². The molecule has 2 aliphatic heterocycles. The molecule has 2 unspecified atom stereocenters. The van der Waals surface area contributed by atoms with Crippen molar-refractivity contribution in [3.05, 3.63) is 45.8 Å². The molecule has 280 valence electrons. The summed E-state index contributed by atoms with van der Waals surface area (Å²) in [5.74, 6) is -1.45. The predicted octanol–water partition coefficient (Wildman–Crippen LogP) is 1.57. The summed E-state index contributed by atoms with van der Waals surface area (Å²) in [7, 11) is -5.10. The van der Waals surface area contributed by atoms with Crippen LogP contribution < -0.4 is 17.0 Å². The number of alkyl halides is 2. The summed E-state index contributed by atoms with van der Waals surface area (Å²) in [5, 5.41) is 0. The van der Waals surface area contributed by atoms with E-state index in [2.05, 4.69) is 15.0 Å². The van der Waals surface area contributed by atoms with Gasteiger partial charge in [-0.25, -0.2) is 33.3 Å². The Balaban J connectivity index is 1.26. The fraction of sp³-hybridized carbons (Fsp3) is 0.577. The van der Waals surface area contributed by atoms with Crippen molar-refractivity contribution >= 4 is 56.6 Å². The Morgan fingerprint density at radius 1 is 1.18 bits per heavy atom. The van der Waals surface area contributed by atoms with Crippen molar-refractivity contribution in [2.75, 3.05) is 31.0 Å². The van der Waals surface area contributed by atoms with E-state index in [1.165, 1.54) is 10.9 Å². The molecule has 0 spiro atoms. The van der Waals surface area contributed by atoms with Crippen LogP contribution in [-0.2, 0) is 42.1 Å². The van der Waals surface area contributed by atoms with Crippen molar-refractivity contribution < 1.29 is 60.6 Å². The first-order valence-electron chi connectivity index (χ1n) is 15.0. The Morgan fingerprint density at radius 2 is 1.92 bits per heavy atom. The number of anilines is 1. The molecule has 0 aromatic carbocycles. The maximum atomic E-state index is 16.1. The van der Waals surface area contributed by atoms with Crippen LogP contribution >= 0.6 is 27.0 Å². The van der Waals surface area contributed by atoms with Crippen LogP contribution in [0.25, 0.3) is 11.2 Å². The Bertz CT molecular complexity index is 1850. The van der Waals surface area contributed by atoms with Crippen LogP contribution in [0.5, 0.6) is 0 Å². The number of nitrogens with one attached hydrogen (secondary N) is 1. The lowest BCUT2D eigenvalue weighted by atomic mass is 10.0. The second-order valence-electron chi connectivity index (χ2n) is 11.3. The molecule has 0 radical (unpaired) electrons. The zero-order valence-corrected chi connectivity index (χ0v) is 29.4. The third-order valence-electron chi connectivity index (χ3n) is 7.52. The molecule has 25 heteroatoms. The van der Waals surface area contributed by atoms with Gasteiger partial charge in [-0.05, 0) is 13.8 Å². The minimum atomic E-state index is -4.78. The van der Waals surface area contributed by atoms with Crippen molar-refractivity contribution in [3.63, 3.8) is 0 Å². The second-order valence-corrected chi connectivity index (χ2v) is 15.6. The molecule has 0 amide bonds. The van der Waals surface area contributed by atoms with Gasteiger partial charge in [0.05, 0.1) is 39.8 Å². The molecule has 0 saturated carbocycles. The third kappa shape index (κ3) is 9.28. The maximum Gasteiger partial charge on any atom is 0.509 e. The van der Waals surface area contributed by atoms with Crippen LogP contribution in [0.15, 0.2) is 34.5 Å². The smallest absolute Gasteiger partial charge is 0.456 e. The van der Waals surface area contributed by atoms with Crippen molar-refractivity contribution in [1.29, 1.82) is 0 Å². The highest BCUT2D eigenvalue weighted by Crippen LogP contribution is 2.51. The van der Waals surface area contributed by atoms with Gasteiger partial charge < -0.3 is 43.4 Å². The molecule has 20 nitrogen and oxygen atoms in total. The van der Waals surface area contributed by atoms with Gasteiger partial charge in [0, 0.05) is 18.2 Å². The summed E-state index contributed by atoms with van der Waals surface area (Å²) in [6, 6.07) is 0.956. The number of hydrogen-bond acceptors (Lipinski definition) is 17. The quantitative estimate of drug-likeness (QED) is 0.0612. The van der Waals surface area contributed by atoms with Gasteiger partial charge >= 0.3 is 19.4 Å². The molecule has 2 aliphatic rings. The van der Waals surface area contributed by atoms with Crippen LogP contribution in [0, 0.1) is 5.92 Å².